The molecule has 1 N–H and O–H groups in total. The molecular weight excluding hydrogens is 286 g/mol. The molecule has 0 unspecified atom stereocenters. The summed E-state index contributed by atoms with van der Waals surface area (Å²) in [6.07, 6.45) is 0.443. The van der Waals surface area contributed by atoms with Crippen LogP contribution in [-0.4, -0.2) is 12.7 Å². The molecule has 2 aromatic carbocycles. The zero-order chi connectivity index (χ0) is 14.2. The van der Waals surface area contributed by atoms with E-state index in [9.17, 15) is 4.79 Å². The molecule has 2 heterocycles. The Bertz CT molecular complexity index is 716. The predicted octanol–water partition coefficient (Wildman–Crippen LogP) is 3.59. The van der Waals surface area contributed by atoms with E-state index in [1.54, 1.807) is 11.8 Å². The average molecular weight is 299 g/mol. The molecule has 0 saturated carbocycles. The van der Waals surface area contributed by atoms with Gasteiger partial charge in [-0.15, -0.1) is 11.8 Å². The quantitative estimate of drug-likeness (QED) is 0.874. The van der Waals surface area contributed by atoms with E-state index in [0.29, 0.717) is 6.42 Å². The highest BCUT2D eigenvalue weighted by Crippen LogP contribution is 2.45. The Balaban J connectivity index is 1.70. The first-order valence-corrected chi connectivity index (χ1v) is 7.63. The van der Waals surface area contributed by atoms with E-state index in [4.69, 9.17) is 9.47 Å². The third-order valence-electron chi connectivity index (χ3n) is 3.57. The summed E-state index contributed by atoms with van der Waals surface area (Å²) in [6, 6.07) is 13.8. The molecule has 2 aliphatic rings. The lowest BCUT2D eigenvalue weighted by Gasteiger charge is -2.14. The van der Waals surface area contributed by atoms with Gasteiger partial charge in [-0.1, -0.05) is 18.2 Å². The van der Waals surface area contributed by atoms with E-state index < -0.39 is 0 Å². The summed E-state index contributed by atoms with van der Waals surface area (Å²) in [6.45, 7) is 0.264. The zero-order valence-electron chi connectivity index (χ0n) is 11.2. The highest BCUT2D eigenvalue weighted by Gasteiger charge is 2.25. The molecule has 4 rings (SSSR count). The number of fused-ring (bicyclic) bond motifs is 2. The summed E-state index contributed by atoms with van der Waals surface area (Å²) in [5, 5.41) is 3.03. The summed E-state index contributed by atoms with van der Waals surface area (Å²) in [4.78, 5) is 13.2. The second kappa shape index (κ2) is 5.00. The lowest BCUT2D eigenvalue weighted by atomic mass is 10.1. The number of hydrogen-bond acceptors (Lipinski definition) is 4. The number of benzene rings is 2. The van der Waals surface area contributed by atoms with Crippen molar-refractivity contribution in [3.63, 3.8) is 0 Å². The molecule has 2 aliphatic heterocycles. The summed E-state index contributed by atoms with van der Waals surface area (Å²) in [5.41, 5.74) is 1.96. The van der Waals surface area contributed by atoms with E-state index in [2.05, 4.69) is 5.32 Å². The van der Waals surface area contributed by atoms with Crippen molar-refractivity contribution < 1.29 is 14.3 Å². The van der Waals surface area contributed by atoms with E-state index in [1.165, 1.54) is 0 Å². The van der Waals surface area contributed by atoms with E-state index in [-0.39, 0.29) is 18.0 Å². The van der Waals surface area contributed by atoms with Gasteiger partial charge >= 0.3 is 0 Å². The Morgan fingerprint density at radius 1 is 1.10 bits per heavy atom. The van der Waals surface area contributed by atoms with Crippen molar-refractivity contribution in [1.29, 1.82) is 0 Å². The molecule has 0 fully saturated rings. The number of para-hydroxylation sites is 1. The molecule has 0 saturated heterocycles. The van der Waals surface area contributed by atoms with Crippen molar-refractivity contribution >= 4 is 23.4 Å². The van der Waals surface area contributed by atoms with Crippen LogP contribution in [0.3, 0.4) is 0 Å². The Labute approximate surface area is 126 Å². The van der Waals surface area contributed by atoms with Gasteiger partial charge in [0.15, 0.2) is 11.5 Å². The first-order chi connectivity index (χ1) is 10.3. The fraction of sp³-hybridized carbons (Fsp3) is 0.188. The van der Waals surface area contributed by atoms with Crippen LogP contribution in [0.1, 0.15) is 17.2 Å². The Kier molecular flexibility index (Phi) is 3.00. The number of carbonyl (C=O) groups excluding carboxylic acids is 1. The standard InChI is InChI=1S/C16H13NO3S/c18-16-8-15(21-14-4-2-1-3-11(14)17-16)10-5-6-12-13(7-10)20-9-19-12/h1-7,15H,8-9H2,(H,17,18)/t15-/m0/s1. The van der Waals surface area contributed by atoms with Gasteiger partial charge in [-0.25, -0.2) is 0 Å². The minimum atomic E-state index is 0.0371. The molecule has 4 nitrogen and oxygen atoms in total. The molecule has 106 valence electrons. The normalized spacial score (nSPS) is 19.6. The summed E-state index contributed by atoms with van der Waals surface area (Å²) < 4.78 is 10.8. The number of anilines is 1. The molecule has 0 spiro atoms. The van der Waals surface area contributed by atoms with Crippen molar-refractivity contribution in [3.05, 3.63) is 48.0 Å². The topological polar surface area (TPSA) is 47.6 Å². The van der Waals surface area contributed by atoms with E-state index >= 15 is 0 Å². The van der Waals surface area contributed by atoms with Gasteiger partial charge in [0.2, 0.25) is 12.7 Å². The molecule has 1 atom stereocenters. The Morgan fingerprint density at radius 3 is 2.90 bits per heavy atom. The average Bonchev–Trinajstić information content (AvgIpc) is 2.88. The monoisotopic (exact) mass is 299 g/mol. The van der Waals surface area contributed by atoms with Gasteiger partial charge in [0.1, 0.15) is 0 Å². The van der Waals surface area contributed by atoms with Crippen LogP contribution in [0, 0.1) is 0 Å². The van der Waals surface area contributed by atoms with Crippen LogP contribution in [0.15, 0.2) is 47.4 Å². The molecule has 0 aliphatic carbocycles. The van der Waals surface area contributed by atoms with Gasteiger partial charge in [-0.05, 0) is 29.8 Å². The van der Waals surface area contributed by atoms with Gasteiger partial charge < -0.3 is 14.8 Å². The van der Waals surface area contributed by atoms with Gasteiger partial charge in [0.25, 0.3) is 0 Å². The zero-order valence-corrected chi connectivity index (χ0v) is 12.0. The van der Waals surface area contributed by atoms with Crippen LogP contribution in [-0.2, 0) is 4.79 Å². The van der Waals surface area contributed by atoms with Crippen molar-refractivity contribution in [2.75, 3.05) is 12.1 Å². The van der Waals surface area contributed by atoms with Gasteiger partial charge in [-0.3, -0.25) is 4.79 Å². The summed E-state index contributed by atoms with van der Waals surface area (Å²) >= 11 is 1.70. The lowest BCUT2D eigenvalue weighted by molar-refractivity contribution is -0.116. The second-order valence-corrected chi connectivity index (χ2v) is 6.21. The fourth-order valence-corrected chi connectivity index (χ4v) is 3.76. The Morgan fingerprint density at radius 2 is 1.95 bits per heavy atom. The first-order valence-electron chi connectivity index (χ1n) is 6.75. The highest BCUT2D eigenvalue weighted by atomic mass is 32.2. The summed E-state index contributed by atoms with van der Waals surface area (Å²) in [7, 11) is 0. The minimum Gasteiger partial charge on any atom is -0.454 e. The van der Waals surface area contributed by atoms with Crippen molar-refractivity contribution in [2.45, 2.75) is 16.6 Å². The van der Waals surface area contributed by atoms with Crippen LogP contribution in [0.25, 0.3) is 0 Å². The fourth-order valence-electron chi connectivity index (χ4n) is 2.54. The maximum atomic E-state index is 12.1. The third-order valence-corrected chi connectivity index (χ3v) is 4.90. The Hall–Kier alpha value is -2.14. The van der Waals surface area contributed by atoms with Crippen molar-refractivity contribution in [1.82, 2.24) is 0 Å². The largest absolute Gasteiger partial charge is 0.454 e. The van der Waals surface area contributed by atoms with Gasteiger partial charge in [0, 0.05) is 16.6 Å². The predicted molar refractivity (Wildman–Crippen MR) is 80.9 cm³/mol. The van der Waals surface area contributed by atoms with Gasteiger partial charge in [-0.2, -0.15) is 0 Å². The van der Waals surface area contributed by atoms with E-state index in [1.807, 2.05) is 42.5 Å². The number of amides is 1. The molecule has 0 aromatic heterocycles. The van der Waals surface area contributed by atoms with Crippen LogP contribution in [0.4, 0.5) is 5.69 Å². The van der Waals surface area contributed by atoms with Crippen LogP contribution in [0.5, 0.6) is 11.5 Å². The number of hydrogen-bond donors (Lipinski definition) is 1. The maximum absolute atomic E-state index is 12.1. The SMILES string of the molecule is O=C1C[C@@H](c2ccc3c(c2)OCO3)Sc2ccccc2N1. The molecule has 0 bridgehead atoms. The number of rotatable bonds is 1. The minimum absolute atomic E-state index is 0.0371. The van der Waals surface area contributed by atoms with Crippen molar-refractivity contribution in [2.24, 2.45) is 0 Å². The second-order valence-electron chi connectivity index (χ2n) is 4.97. The molecule has 1 amide bonds. The lowest BCUT2D eigenvalue weighted by Crippen LogP contribution is -2.11. The van der Waals surface area contributed by atoms with Crippen molar-refractivity contribution in [3.8, 4) is 11.5 Å². The number of carbonyl (C=O) groups is 1. The van der Waals surface area contributed by atoms with E-state index in [0.717, 1.165) is 27.6 Å². The van der Waals surface area contributed by atoms with Crippen LogP contribution in [0.2, 0.25) is 0 Å². The van der Waals surface area contributed by atoms with Crippen LogP contribution < -0.4 is 14.8 Å². The third kappa shape index (κ3) is 2.34. The molecule has 5 heteroatoms. The smallest absolute Gasteiger partial charge is 0.231 e. The first kappa shape index (κ1) is 12.6. The number of ether oxygens (including phenoxy) is 2. The maximum Gasteiger partial charge on any atom is 0.231 e. The molecular formula is C16H13NO3S. The highest BCUT2D eigenvalue weighted by molar-refractivity contribution is 7.99. The number of nitrogens with one attached hydrogen (secondary N) is 1. The molecule has 2 aromatic rings. The van der Waals surface area contributed by atoms with Crippen LogP contribution >= 0.6 is 11.8 Å². The number of thioether (sulfide) groups is 1. The molecule has 0 radical (unpaired) electrons. The summed E-state index contributed by atoms with van der Waals surface area (Å²) in [5.74, 6) is 1.56. The van der Waals surface area contributed by atoms with Gasteiger partial charge in [0.05, 0.1) is 5.69 Å². The molecule has 21 heavy (non-hydrogen) atoms.